The number of hydrogen-bond donors (Lipinski definition) is 1. The van der Waals surface area contributed by atoms with Crippen molar-refractivity contribution in [1.82, 2.24) is 5.32 Å². The number of likely N-dealkylation sites (N-methyl/N-ethyl adjacent to an activating group) is 1. The molecule has 1 aromatic rings. The van der Waals surface area contributed by atoms with Gasteiger partial charge < -0.3 is 10.1 Å². The van der Waals surface area contributed by atoms with Gasteiger partial charge in [0.1, 0.15) is 0 Å². The van der Waals surface area contributed by atoms with Gasteiger partial charge in [0, 0.05) is 5.56 Å². The number of fused-ring (bicyclic) bond motifs is 1. The Balaban J connectivity index is 2.12. The highest BCUT2D eigenvalue weighted by Crippen LogP contribution is 2.23. The molecule has 0 saturated carbocycles. The predicted octanol–water partition coefficient (Wildman–Crippen LogP) is 2.29. The maximum atomic E-state index is 12.6. The Morgan fingerprint density at radius 1 is 1.24 bits per heavy atom. The minimum atomic E-state index is -0.506. The van der Waals surface area contributed by atoms with E-state index in [4.69, 9.17) is 4.74 Å². The quantitative estimate of drug-likeness (QED) is 0.618. The number of ether oxygens (including phenoxy) is 1. The Morgan fingerprint density at radius 2 is 2.00 bits per heavy atom. The Kier molecular flexibility index (Phi) is 5.51. The van der Waals surface area contributed by atoms with Crippen molar-refractivity contribution in [2.24, 2.45) is 0 Å². The van der Waals surface area contributed by atoms with Crippen molar-refractivity contribution in [2.45, 2.75) is 45.6 Å². The minimum absolute atomic E-state index is 0.0281. The van der Waals surface area contributed by atoms with Crippen molar-refractivity contribution in [2.75, 3.05) is 13.2 Å². The van der Waals surface area contributed by atoms with Crippen LogP contribution in [-0.4, -0.2) is 30.9 Å². The van der Waals surface area contributed by atoms with Crippen molar-refractivity contribution in [1.29, 1.82) is 0 Å². The second-order valence-electron chi connectivity index (χ2n) is 5.32. The molecule has 0 fully saturated rings. The number of hydrogen-bond acceptors (Lipinski definition) is 4. The van der Waals surface area contributed by atoms with Crippen molar-refractivity contribution in [3.8, 4) is 0 Å². The summed E-state index contributed by atoms with van der Waals surface area (Å²) in [5.41, 5.74) is 3.30. The molecule has 0 radical (unpaired) electrons. The van der Waals surface area contributed by atoms with Crippen molar-refractivity contribution in [3.63, 3.8) is 0 Å². The number of rotatable bonds is 7. The maximum Gasteiger partial charge on any atom is 0.307 e. The molecule has 114 valence electrons. The van der Waals surface area contributed by atoms with E-state index in [-0.39, 0.29) is 18.2 Å². The van der Waals surface area contributed by atoms with Crippen LogP contribution in [0.3, 0.4) is 0 Å². The second-order valence-corrected chi connectivity index (χ2v) is 5.32. The average molecular weight is 289 g/mol. The van der Waals surface area contributed by atoms with E-state index in [2.05, 4.69) is 5.32 Å². The third-order valence-electron chi connectivity index (χ3n) is 3.83. The molecule has 0 aliphatic heterocycles. The molecule has 1 aliphatic rings. The van der Waals surface area contributed by atoms with Gasteiger partial charge in [-0.2, -0.15) is 0 Å². The van der Waals surface area contributed by atoms with Gasteiger partial charge in [0.2, 0.25) is 0 Å². The van der Waals surface area contributed by atoms with Crippen LogP contribution in [0.5, 0.6) is 0 Å². The summed E-state index contributed by atoms with van der Waals surface area (Å²) in [6.07, 6.45) is 3.38. The molecular formula is C17H23NO3. The fourth-order valence-corrected chi connectivity index (χ4v) is 2.82. The zero-order valence-corrected chi connectivity index (χ0v) is 12.8. The van der Waals surface area contributed by atoms with E-state index in [1.54, 1.807) is 6.92 Å². The van der Waals surface area contributed by atoms with Gasteiger partial charge in [0.25, 0.3) is 0 Å². The summed E-state index contributed by atoms with van der Waals surface area (Å²) >= 11 is 0. The van der Waals surface area contributed by atoms with Crippen LogP contribution in [0.1, 0.15) is 48.2 Å². The van der Waals surface area contributed by atoms with E-state index in [0.29, 0.717) is 18.7 Å². The molecule has 0 amide bonds. The maximum absolute atomic E-state index is 12.6. The van der Waals surface area contributed by atoms with Gasteiger partial charge in [-0.15, -0.1) is 0 Å². The molecule has 1 aliphatic carbocycles. The highest BCUT2D eigenvalue weighted by Gasteiger charge is 2.24. The molecule has 1 atom stereocenters. The van der Waals surface area contributed by atoms with Gasteiger partial charge in [-0.1, -0.05) is 19.1 Å². The summed E-state index contributed by atoms with van der Waals surface area (Å²) in [5, 5.41) is 3.09. The molecule has 0 bridgehead atoms. The van der Waals surface area contributed by atoms with Gasteiger partial charge in [-0.3, -0.25) is 9.59 Å². The number of carbonyl (C=O) groups excluding carboxylic acids is 2. The van der Waals surface area contributed by atoms with Crippen LogP contribution in [0, 0.1) is 0 Å². The number of aryl methyl sites for hydroxylation is 2. The first-order valence-electron chi connectivity index (χ1n) is 7.70. The second kappa shape index (κ2) is 7.36. The molecule has 0 aromatic heterocycles. The molecule has 4 heteroatoms. The molecule has 21 heavy (non-hydrogen) atoms. The van der Waals surface area contributed by atoms with E-state index in [1.165, 1.54) is 11.1 Å². The molecule has 0 heterocycles. The Hall–Kier alpha value is -1.68. The molecular weight excluding hydrogens is 266 g/mol. The van der Waals surface area contributed by atoms with Crippen LogP contribution in [0.25, 0.3) is 0 Å². The molecule has 1 aromatic carbocycles. The van der Waals surface area contributed by atoms with Gasteiger partial charge in [-0.25, -0.2) is 0 Å². The normalized spacial score (nSPS) is 14.6. The Bertz CT molecular complexity index is 525. The number of carbonyl (C=O) groups is 2. The minimum Gasteiger partial charge on any atom is -0.466 e. The monoisotopic (exact) mass is 289 g/mol. The Labute approximate surface area is 125 Å². The zero-order chi connectivity index (χ0) is 15.2. The van der Waals surface area contributed by atoms with Gasteiger partial charge in [0.05, 0.1) is 19.1 Å². The molecule has 1 unspecified atom stereocenters. The molecule has 2 rings (SSSR count). The molecule has 0 spiro atoms. The van der Waals surface area contributed by atoms with E-state index in [1.807, 2.05) is 25.1 Å². The SMILES string of the molecule is CCNC(CC(=O)OCC)C(=O)c1ccc2c(c1)CCC2. The van der Waals surface area contributed by atoms with E-state index in [0.717, 1.165) is 19.3 Å². The lowest BCUT2D eigenvalue weighted by molar-refractivity contribution is -0.143. The summed E-state index contributed by atoms with van der Waals surface area (Å²) < 4.78 is 4.95. The van der Waals surface area contributed by atoms with Crippen LogP contribution in [0.4, 0.5) is 0 Å². The average Bonchev–Trinajstić information content (AvgIpc) is 2.93. The topological polar surface area (TPSA) is 55.4 Å². The number of ketones is 1. The van der Waals surface area contributed by atoms with Gasteiger partial charge in [0.15, 0.2) is 5.78 Å². The number of Topliss-reactive ketones (excluding diaryl/α,β-unsaturated/α-hetero) is 1. The fraction of sp³-hybridized carbons (Fsp3) is 0.529. The molecule has 4 nitrogen and oxygen atoms in total. The van der Waals surface area contributed by atoms with Crippen LogP contribution >= 0.6 is 0 Å². The van der Waals surface area contributed by atoms with Gasteiger partial charge >= 0.3 is 5.97 Å². The first-order valence-corrected chi connectivity index (χ1v) is 7.70. The fourth-order valence-electron chi connectivity index (χ4n) is 2.82. The highest BCUT2D eigenvalue weighted by molar-refractivity contribution is 6.02. The zero-order valence-electron chi connectivity index (χ0n) is 12.8. The third-order valence-corrected chi connectivity index (χ3v) is 3.83. The first-order chi connectivity index (χ1) is 10.2. The van der Waals surface area contributed by atoms with Gasteiger partial charge in [-0.05, 0) is 49.9 Å². The van der Waals surface area contributed by atoms with E-state index < -0.39 is 6.04 Å². The largest absolute Gasteiger partial charge is 0.466 e. The van der Waals surface area contributed by atoms with E-state index >= 15 is 0 Å². The van der Waals surface area contributed by atoms with E-state index in [9.17, 15) is 9.59 Å². The lowest BCUT2D eigenvalue weighted by Crippen LogP contribution is -2.39. The molecule has 0 saturated heterocycles. The third kappa shape index (κ3) is 3.91. The summed E-state index contributed by atoms with van der Waals surface area (Å²) in [6.45, 7) is 4.67. The van der Waals surface area contributed by atoms with Crippen molar-refractivity contribution < 1.29 is 14.3 Å². The first kappa shape index (κ1) is 15.7. The standard InChI is InChI=1S/C17H23NO3/c1-3-18-15(11-16(19)21-4-2)17(20)14-9-8-12-6-5-7-13(12)10-14/h8-10,15,18H,3-7,11H2,1-2H3. The van der Waals surface area contributed by atoms with Crippen LogP contribution in [0.2, 0.25) is 0 Å². The van der Waals surface area contributed by atoms with Crippen molar-refractivity contribution >= 4 is 11.8 Å². The number of esters is 1. The van der Waals surface area contributed by atoms with Crippen LogP contribution < -0.4 is 5.32 Å². The predicted molar refractivity (Wildman–Crippen MR) is 81.5 cm³/mol. The number of benzene rings is 1. The lowest BCUT2D eigenvalue weighted by atomic mass is 9.98. The smallest absolute Gasteiger partial charge is 0.307 e. The van der Waals surface area contributed by atoms with Crippen LogP contribution in [0.15, 0.2) is 18.2 Å². The highest BCUT2D eigenvalue weighted by atomic mass is 16.5. The summed E-state index contributed by atoms with van der Waals surface area (Å²) in [5.74, 6) is -0.363. The number of nitrogens with one attached hydrogen (secondary N) is 1. The lowest BCUT2D eigenvalue weighted by Gasteiger charge is -2.16. The summed E-state index contributed by atoms with van der Waals surface area (Å²) in [4.78, 5) is 24.2. The van der Waals surface area contributed by atoms with Crippen molar-refractivity contribution in [3.05, 3.63) is 34.9 Å². The Morgan fingerprint density at radius 3 is 2.71 bits per heavy atom. The summed E-state index contributed by atoms with van der Waals surface area (Å²) in [7, 11) is 0. The summed E-state index contributed by atoms with van der Waals surface area (Å²) in [6, 6.07) is 5.40. The molecule has 1 N–H and O–H groups in total. The van der Waals surface area contributed by atoms with Crippen LogP contribution in [-0.2, 0) is 22.4 Å².